The van der Waals surface area contributed by atoms with Crippen LogP contribution in [0.25, 0.3) is 0 Å². The van der Waals surface area contributed by atoms with Gasteiger partial charge in [-0.25, -0.2) is 0 Å². The van der Waals surface area contributed by atoms with E-state index in [1.165, 1.54) is 69.1 Å². The van der Waals surface area contributed by atoms with E-state index in [0.717, 1.165) is 6.04 Å². The summed E-state index contributed by atoms with van der Waals surface area (Å²) in [7, 11) is 0. The molecule has 1 aliphatic rings. The molecule has 0 aromatic heterocycles. The van der Waals surface area contributed by atoms with Gasteiger partial charge in [-0.3, -0.25) is 0 Å². The summed E-state index contributed by atoms with van der Waals surface area (Å²) >= 11 is 0. The first-order chi connectivity index (χ1) is 7.25. The van der Waals surface area contributed by atoms with Gasteiger partial charge in [-0.05, 0) is 45.4 Å². The Kier molecular flexibility index (Phi) is 5.66. The zero-order chi connectivity index (χ0) is 11.1. The van der Waals surface area contributed by atoms with E-state index in [9.17, 15) is 0 Å². The highest BCUT2D eigenvalue weighted by Crippen LogP contribution is 2.25. The standard InChI is InChI=1S/C14H30N/c1-4-6-8-11-15(14(3)5-2)12-9-7-10-13-15/h14H,4-13H2,1-3H3/q+1. The minimum absolute atomic E-state index is 0.891. The topological polar surface area (TPSA) is 0 Å². The summed E-state index contributed by atoms with van der Waals surface area (Å²) in [6, 6.07) is 0.891. The highest BCUT2D eigenvalue weighted by atomic mass is 15.4. The first-order valence-corrected chi connectivity index (χ1v) is 7.11. The molecule has 1 heteroatoms. The molecule has 1 aliphatic heterocycles. The second-order valence-electron chi connectivity index (χ2n) is 5.41. The molecule has 0 bridgehead atoms. The van der Waals surface area contributed by atoms with E-state index in [1.54, 1.807) is 0 Å². The molecule has 0 radical (unpaired) electrons. The SMILES string of the molecule is CCCCC[N+]1(C(C)CC)CCCCC1. The van der Waals surface area contributed by atoms with Gasteiger partial charge in [0.1, 0.15) is 0 Å². The van der Waals surface area contributed by atoms with Gasteiger partial charge in [0, 0.05) is 0 Å². The van der Waals surface area contributed by atoms with E-state index in [1.807, 2.05) is 0 Å². The van der Waals surface area contributed by atoms with E-state index < -0.39 is 0 Å². The Morgan fingerprint density at radius 2 is 1.67 bits per heavy atom. The van der Waals surface area contributed by atoms with Crippen LogP contribution in [0.15, 0.2) is 0 Å². The number of likely N-dealkylation sites (tertiary alicyclic amines) is 1. The number of quaternary nitrogens is 1. The monoisotopic (exact) mass is 212 g/mol. The normalized spacial score (nSPS) is 22.6. The molecule has 0 saturated carbocycles. The zero-order valence-corrected chi connectivity index (χ0v) is 11.1. The fourth-order valence-electron chi connectivity index (χ4n) is 3.09. The van der Waals surface area contributed by atoms with Crippen molar-refractivity contribution >= 4 is 0 Å². The lowest BCUT2D eigenvalue weighted by Gasteiger charge is -2.46. The highest BCUT2D eigenvalue weighted by Gasteiger charge is 2.33. The molecule has 1 fully saturated rings. The molecule has 1 rings (SSSR count). The smallest absolute Gasteiger partial charge is 0.0859 e. The van der Waals surface area contributed by atoms with E-state index in [-0.39, 0.29) is 0 Å². The van der Waals surface area contributed by atoms with Crippen molar-refractivity contribution in [1.29, 1.82) is 0 Å². The minimum Gasteiger partial charge on any atom is -0.321 e. The van der Waals surface area contributed by atoms with Crippen LogP contribution in [0.3, 0.4) is 0 Å². The van der Waals surface area contributed by atoms with Crippen LogP contribution in [0.4, 0.5) is 0 Å². The highest BCUT2D eigenvalue weighted by molar-refractivity contribution is 4.60. The van der Waals surface area contributed by atoms with Gasteiger partial charge >= 0.3 is 0 Å². The second kappa shape index (κ2) is 6.52. The zero-order valence-electron chi connectivity index (χ0n) is 11.1. The van der Waals surface area contributed by atoms with Crippen molar-refractivity contribution in [2.75, 3.05) is 19.6 Å². The summed E-state index contributed by atoms with van der Waals surface area (Å²) < 4.78 is 1.44. The van der Waals surface area contributed by atoms with Crippen LogP contribution < -0.4 is 0 Å². The largest absolute Gasteiger partial charge is 0.321 e. The maximum absolute atomic E-state index is 2.47. The van der Waals surface area contributed by atoms with Crippen LogP contribution >= 0.6 is 0 Å². The van der Waals surface area contributed by atoms with E-state index in [2.05, 4.69) is 20.8 Å². The van der Waals surface area contributed by atoms with Crippen molar-refractivity contribution in [2.45, 2.75) is 71.8 Å². The van der Waals surface area contributed by atoms with Crippen LogP contribution in [0, 0.1) is 0 Å². The number of hydrogen-bond donors (Lipinski definition) is 0. The molecule has 0 aliphatic carbocycles. The molecule has 1 saturated heterocycles. The van der Waals surface area contributed by atoms with Gasteiger partial charge in [0.15, 0.2) is 0 Å². The Hall–Kier alpha value is -0.0400. The molecule has 1 atom stereocenters. The van der Waals surface area contributed by atoms with E-state index in [0.29, 0.717) is 0 Å². The predicted octanol–water partition coefficient (Wildman–Crippen LogP) is 3.98. The average Bonchev–Trinajstić information content (AvgIpc) is 2.29. The molecule has 0 aromatic carbocycles. The molecule has 0 N–H and O–H groups in total. The molecular weight excluding hydrogens is 182 g/mol. The molecule has 1 unspecified atom stereocenters. The summed E-state index contributed by atoms with van der Waals surface area (Å²) in [5.41, 5.74) is 0. The van der Waals surface area contributed by atoms with Gasteiger partial charge in [-0.15, -0.1) is 0 Å². The van der Waals surface area contributed by atoms with Gasteiger partial charge < -0.3 is 4.48 Å². The summed E-state index contributed by atoms with van der Waals surface area (Å²) in [5, 5.41) is 0. The van der Waals surface area contributed by atoms with E-state index >= 15 is 0 Å². The maximum Gasteiger partial charge on any atom is 0.0859 e. The fourth-order valence-corrected chi connectivity index (χ4v) is 3.09. The fraction of sp³-hybridized carbons (Fsp3) is 1.00. The van der Waals surface area contributed by atoms with Crippen LogP contribution in [0.2, 0.25) is 0 Å². The van der Waals surface area contributed by atoms with Crippen molar-refractivity contribution in [3.63, 3.8) is 0 Å². The van der Waals surface area contributed by atoms with Crippen molar-refractivity contribution in [3.8, 4) is 0 Å². The Balaban J connectivity index is 2.50. The quantitative estimate of drug-likeness (QED) is 0.461. The average molecular weight is 212 g/mol. The summed E-state index contributed by atoms with van der Waals surface area (Å²) in [6.45, 7) is 11.5. The molecular formula is C14H30N+. The third kappa shape index (κ3) is 3.48. The van der Waals surface area contributed by atoms with Crippen LogP contribution in [0.1, 0.15) is 65.7 Å². The molecule has 0 spiro atoms. The van der Waals surface area contributed by atoms with Crippen LogP contribution in [-0.2, 0) is 0 Å². The Morgan fingerprint density at radius 1 is 1.00 bits per heavy atom. The van der Waals surface area contributed by atoms with Crippen molar-refractivity contribution in [1.82, 2.24) is 0 Å². The number of nitrogens with zero attached hydrogens (tertiary/aromatic N) is 1. The number of piperidine rings is 1. The predicted molar refractivity (Wildman–Crippen MR) is 68.0 cm³/mol. The van der Waals surface area contributed by atoms with Gasteiger partial charge in [0.25, 0.3) is 0 Å². The Morgan fingerprint density at radius 3 is 2.20 bits per heavy atom. The Labute approximate surface area is 96.4 Å². The molecule has 90 valence electrons. The number of hydrogen-bond acceptors (Lipinski definition) is 0. The minimum atomic E-state index is 0.891. The molecule has 1 nitrogen and oxygen atoms in total. The number of unbranched alkanes of at least 4 members (excludes halogenated alkanes) is 2. The molecule has 15 heavy (non-hydrogen) atoms. The van der Waals surface area contributed by atoms with E-state index in [4.69, 9.17) is 0 Å². The second-order valence-corrected chi connectivity index (χ2v) is 5.41. The Bertz CT molecular complexity index is 159. The first-order valence-electron chi connectivity index (χ1n) is 7.11. The lowest BCUT2D eigenvalue weighted by Crippen LogP contribution is -2.57. The lowest BCUT2D eigenvalue weighted by atomic mass is 10.0. The lowest BCUT2D eigenvalue weighted by molar-refractivity contribution is -0.954. The molecule has 0 amide bonds. The van der Waals surface area contributed by atoms with Crippen LogP contribution in [-0.4, -0.2) is 30.2 Å². The molecule has 0 aromatic rings. The summed E-state index contributed by atoms with van der Waals surface area (Å²) in [4.78, 5) is 0. The maximum atomic E-state index is 2.47. The van der Waals surface area contributed by atoms with Crippen molar-refractivity contribution in [3.05, 3.63) is 0 Å². The third-order valence-electron chi connectivity index (χ3n) is 4.44. The number of rotatable bonds is 6. The van der Waals surface area contributed by atoms with Crippen molar-refractivity contribution in [2.24, 2.45) is 0 Å². The third-order valence-corrected chi connectivity index (χ3v) is 4.44. The summed E-state index contributed by atoms with van der Waals surface area (Å²) in [6.07, 6.45) is 10.0. The van der Waals surface area contributed by atoms with Gasteiger partial charge in [0.05, 0.1) is 25.7 Å². The van der Waals surface area contributed by atoms with Gasteiger partial charge in [0.2, 0.25) is 0 Å². The van der Waals surface area contributed by atoms with Gasteiger partial charge in [-0.1, -0.05) is 20.3 Å². The molecule has 1 heterocycles. The van der Waals surface area contributed by atoms with Crippen LogP contribution in [0.5, 0.6) is 0 Å². The van der Waals surface area contributed by atoms with Gasteiger partial charge in [-0.2, -0.15) is 0 Å². The first kappa shape index (κ1) is 13.0. The van der Waals surface area contributed by atoms with Crippen molar-refractivity contribution < 1.29 is 4.48 Å². The summed E-state index contributed by atoms with van der Waals surface area (Å²) in [5.74, 6) is 0.